The zero-order valence-electron chi connectivity index (χ0n) is 10.4. The fraction of sp³-hybridized carbons (Fsp3) is 0.0667. The van der Waals surface area contributed by atoms with E-state index in [1.165, 1.54) is 0 Å². The summed E-state index contributed by atoms with van der Waals surface area (Å²) in [4.78, 5) is 19.3. The van der Waals surface area contributed by atoms with Crippen LogP contribution >= 0.6 is 0 Å². The molecule has 1 heterocycles. The Balaban J connectivity index is 1.88. The van der Waals surface area contributed by atoms with Crippen molar-refractivity contribution in [3.05, 3.63) is 65.5 Å². The molecule has 0 bridgehead atoms. The van der Waals surface area contributed by atoms with E-state index in [4.69, 9.17) is 0 Å². The van der Waals surface area contributed by atoms with E-state index in [2.05, 4.69) is 9.97 Å². The number of H-pyrrole nitrogens is 1. The predicted octanol–water partition coefficient (Wildman–Crippen LogP) is 3.27. The van der Waals surface area contributed by atoms with Gasteiger partial charge in [0.1, 0.15) is 17.5 Å². The van der Waals surface area contributed by atoms with Crippen LogP contribution in [0.3, 0.4) is 0 Å². The Morgan fingerprint density at radius 3 is 2.70 bits per heavy atom. The zero-order chi connectivity index (χ0) is 14.1. The monoisotopic (exact) mass is 272 g/mol. The number of imidazole rings is 1. The summed E-state index contributed by atoms with van der Waals surface area (Å²) >= 11 is 0. The number of halogens is 2. The number of carbonyl (C=O) groups is 1. The van der Waals surface area contributed by atoms with Crippen molar-refractivity contribution in [3.8, 4) is 0 Å². The Morgan fingerprint density at radius 1 is 1.15 bits per heavy atom. The Labute approximate surface area is 113 Å². The fourth-order valence-electron chi connectivity index (χ4n) is 2.05. The molecule has 0 aliphatic carbocycles. The van der Waals surface area contributed by atoms with Crippen molar-refractivity contribution >= 4 is 16.8 Å². The van der Waals surface area contributed by atoms with Gasteiger partial charge in [-0.15, -0.1) is 0 Å². The second kappa shape index (κ2) is 4.85. The van der Waals surface area contributed by atoms with E-state index in [9.17, 15) is 13.6 Å². The first-order valence-corrected chi connectivity index (χ1v) is 6.05. The smallest absolute Gasteiger partial charge is 0.173 e. The third kappa shape index (κ3) is 2.30. The lowest BCUT2D eigenvalue weighted by Gasteiger charge is -2.00. The molecule has 0 spiro atoms. The molecule has 0 saturated carbocycles. The average molecular weight is 272 g/mol. The number of Topliss-reactive ketones (excluding diaryl/α,β-unsaturated/α-hetero) is 1. The van der Waals surface area contributed by atoms with Gasteiger partial charge in [0.05, 0.1) is 23.0 Å². The minimum absolute atomic E-state index is 0.0583. The average Bonchev–Trinajstić information content (AvgIpc) is 2.80. The number of fused-ring (bicyclic) bond motifs is 1. The van der Waals surface area contributed by atoms with Crippen molar-refractivity contribution in [3.63, 3.8) is 0 Å². The summed E-state index contributed by atoms with van der Waals surface area (Å²) in [6.45, 7) is 0. The van der Waals surface area contributed by atoms with E-state index >= 15 is 0 Å². The number of hydrogen-bond acceptors (Lipinski definition) is 2. The highest BCUT2D eigenvalue weighted by Crippen LogP contribution is 2.15. The molecular weight excluding hydrogens is 262 g/mol. The number of aromatic nitrogens is 2. The van der Waals surface area contributed by atoms with Crippen molar-refractivity contribution in [2.45, 2.75) is 6.42 Å². The van der Waals surface area contributed by atoms with Gasteiger partial charge in [-0.25, -0.2) is 13.8 Å². The maximum Gasteiger partial charge on any atom is 0.173 e. The quantitative estimate of drug-likeness (QED) is 0.744. The van der Waals surface area contributed by atoms with Gasteiger partial charge in [-0.1, -0.05) is 12.1 Å². The number of carbonyl (C=O) groups excluding carboxylic acids is 1. The molecule has 100 valence electrons. The number of benzene rings is 2. The topological polar surface area (TPSA) is 45.8 Å². The van der Waals surface area contributed by atoms with Crippen LogP contribution in [0.1, 0.15) is 16.2 Å². The van der Waals surface area contributed by atoms with Gasteiger partial charge in [-0.2, -0.15) is 0 Å². The van der Waals surface area contributed by atoms with Crippen LogP contribution in [0.2, 0.25) is 0 Å². The van der Waals surface area contributed by atoms with Gasteiger partial charge in [0.15, 0.2) is 5.78 Å². The lowest BCUT2D eigenvalue weighted by molar-refractivity contribution is 0.0987. The fourth-order valence-corrected chi connectivity index (χ4v) is 2.05. The molecule has 3 nitrogen and oxygen atoms in total. The van der Waals surface area contributed by atoms with Crippen molar-refractivity contribution < 1.29 is 13.6 Å². The lowest BCUT2D eigenvalue weighted by atomic mass is 10.1. The van der Waals surface area contributed by atoms with Gasteiger partial charge in [-0.05, 0) is 24.3 Å². The van der Waals surface area contributed by atoms with E-state index < -0.39 is 17.4 Å². The van der Waals surface area contributed by atoms with Crippen LogP contribution in [-0.4, -0.2) is 15.8 Å². The molecule has 0 fully saturated rings. The first kappa shape index (κ1) is 12.5. The summed E-state index contributed by atoms with van der Waals surface area (Å²) in [6.07, 6.45) is -0.0583. The molecule has 3 rings (SSSR count). The Kier molecular flexibility index (Phi) is 3.02. The van der Waals surface area contributed by atoms with E-state index in [1.54, 1.807) is 0 Å². The summed E-state index contributed by atoms with van der Waals surface area (Å²) < 4.78 is 26.3. The van der Waals surface area contributed by atoms with Gasteiger partial charge in [0.25, 0.3) is 0 Å². The van der Waals surface area contributed by atoms with E-state index in [0.717, 1.165) is 23.2 Å². The molecule has 0 aliphatic heterocycles. The molecule has 5 heteroatoms. The molecule has 0 saturated heterocycles. The van der Waals surface area contributed by atoms with E-state index in [0.29, 0.717) is 11.9 Å². The number of nitrogens with one attached hydrogen (secondary N) is 1. The van der Waals surface area contributed by atoms with Crippen molar-refractivity contribution in [1.82, 2.24) is 9.97 Å². The molecule has 0 aliphatic rings. The normalized spacial score (nSPS) is 10.9. The minimum Gasteiger partial charge on any atom is -0.342 e. The van der Waals surface area contributed by atoms with Crippen LogP contribution in [-0.2, 0) is 6.42 Å². The SMILES string of the molecule is O=C(Cc1nc2ccccc2[nH]1)c1ccc(F)cc1F. The molecule has 1 N–H and O–H groups in total. The standard InChI is InChI=1S/C15H10F2N2O/c16-9-5-6-10(11(17)7-9)14(20)8-15-18-12-3-1-2-4-13(12)19-15/h1-7H,8H2,(H,18,19). The molecule has 20 heavy (non-hydrogen) atoms. The molecule has 1 aromatic heterocycles. The van der Waals surface area contributed by atoms with Crippen LogP contribution in [0.5, 0.6) is 0 Å². The number of nitrogens with zero attached hydrogens (tertiary/aromatic N) is 1. The molecule has 0 unspecified atom stereocenters. The maximum atomic E-state index is 13.5. The van der Waals surface area contributed by atoms with Crippen LogP contribution in [0.4, 0.5) is 8.78 Å². The number of ketones is 1. The Morgan fingerprint density at radius 2 is 1.95 bits per heavy atom. The third-order valence-corrected chi connectivity index (χ3v) is 3.00. The van der Waals surface area contributed by atoms with Gasteiger partial charge in [0, 0.05) is 6.07 Å². The predicted molar refractivity (Wildman–Crippen MR) is 70.5 cm³/mol. The molecule has 0 radical (unpaired) electrons. The molecule has 2 aromatic carbocycles. The number of para-hydroxylation sites is 2. The second-order valence-corrected chi connectivity index (χ2v) is 4.42. The highest BCUT2D eigenvalue weighted by Gasteiger charge is 2.15. The van der Waals surface area contributed by atoms with Crippen molar-refractivity contribution in [2.75, 3.05) is 0 Å². The number of hydrogen-bond donors (Lipinski definition) is 1. The zero-order valence-corrected chi connectivity index (χ0v) is 10.4. The van der Waals surface area contributed by atoms with Gasteiger partial charge in [-0.3, -0.25) is 4.79 Å². The molecule has 3 aromatic rings. The van der Waals surface area contributed by atoms with E-state index in [1.807, 2.05) is 24.3 Å². The van der Waals surface area contributed by atoms with Gasteiger partial charge >= 0.3 is 0 Å². The van der Waals surface area contributed by atoms with Crippen LogP contribution in [0.25, 0.3) is 11.0 Å². The maximum absolute atomic E-state index is 13.5. The largest absolute Gasteiger partial charge is 0.342 e. The van der Waals surface area contributed by atoms with Crippen molar-refractivity contribution in [2.24, 2.45) is 0 Å². The Hall–Kier alpha value is -2.56. The van der Waals surface area contributed by atoms with Crippen molar-refractivity contribution in [1.29, 1.82) is 0 Å². The number of rotatable bonds is 3. The molecule has 0 atom stereocenters. The van der Waals surface area contributed by atoms with Gasteiger partial charge in [0.2, 0.25) is 0 Å². The Bertz CT molecular complexity index is 762. The summed E-state index contributed by atoms with van der Waals surface area (Å²) in [6, 6.07) is 10.3. The molecular formula is C15H10F2N2O. The van der Waals surface area contributed by atoms with E-state index in [-0.39, 0.29) is 12.0 Å². The highest BCUT2D eigenvalue weighted by molar-refractivity contribution is 5.97. The number of aromatic amines is 1. The van der Waals surface area contributed by atoms with Crippen LogP contribution < -0.4 is 0 Å². The summed E-state index contributed by atoms with van der Waals surface area (Å²) in [5.74, 6) is -1.55. The molecule has 0 amide bonds. The summed E-state index contributed by atoms with van der Waals surface area (Å²) in [5, 5.41) is 0. The lowest BCUT2D eigenvalue weighted by Crippen LogP contribution is -2.07. The first-order valence-electron chi connectivity index (χ1n) is 6.05. The van der Waals surface area contributed by atoms with Crippen LogP contribution in [0, 0.1) is 11.6 Å². The van der Waals surface area contributed by atoms with Gasteiger partial charge < -0.3 is 4.98 Å². The first-order chi connectivity index (χ1) is 9.63. The third-order valence-electron chi connectivity index (χ3n) is 3.00. The highest BCUT2D eigenvalue weighted by atomic mass is 19.1. The second-order valence-electron chi connectivity index (χ2n) is 4.42. The minimum atomic E-state index is -0.855. The summed E-state index contributed by atoms with van der Waals surface area (Å²) in [7, 11) is 0. The summed E-state index contributed by atoms with van der Waals surface area (Å²) in [5.41, 5.74) is 1.43. The van der Waals surface area contributed by atoms with Crippen LogP contribution in [0.15, 0.2) is 42.5 Å².